The van der Waals surface area contributed by atoms with Crippen LogP contribution in [0.25, 0.3) is 0 Å². The van der Waals surface area contributed by atoms with Crippen LogP contribution in [0.15, 0.2) is 35.3 Å². The maximum atomic E-state index is 12.3. The summed E-state index contributed by atoms with van der Waals surface area (Å²) < 4.78 is 12.4. The molecule has 0 saturated carbocycles. The van der Waals surface area contributed by atoms with Crippen LogP contribution in [0.1, 0.15) is 41.9 Å². The van der Waals surface area contributed by atoms with E-state index in [2.05, 4.69) is 34.6 Å². The van der Waals surface area contributed by atoms with Gasteiger partial charge in [0, 0.05) is 6.61 Å². The molecule has 1 heterocycles. The topological polar surface area (TPSA) is 53.4 Å². The summed E-state index contributed by atoms with van der Waals surface area (Å²) in [4.78, 5) is 12.3. The van der Waals surface area contributed by atoms with Crippen molar-refractivity contribution in [1.82, 2.24) is 9.78 Å². The molecule has 5 nitrogen and oxygen atoms in total. The number of hydrogen-bond acceptors (Lipinski definition) is 4. The Balaban J connectivity index is 2.03. The maximum absolute atomic E-state index is 12.3. The van der Waals surface area contributed by atoms with Crippen molar-refractivity contribution in [2.75, 3.05) is 6.61 Å². The second kappa shape index (κ2) is 10.1. The summed E-state index contributed by atoms with van der Waals surface area (Å²) in [6, 6.07) is 7.94. The van der Waals surface area contributed by atoms with Crippen LogP contribution in [-0.4, -0.2) is 16.4 Å². The molecule has 2 rings (SSSR count). The second-order valence-corrected chi connectivity index (χ2v) is 7.35. The van der Waals surface area contributed by atoms with E-state index in [-0.39, 0.29) is 14.6 Å². The fourth-order valence-electron chi connectivity index (χ4n) is 2.20. The first-order valence-corrected chi connectivity index (χ1v) is 9.88. The van der Waals surface area contributed by atoms with Crippen molar-refractivity contribution in [3.05, 3.63) is 57.0 Å². The van der Waals surface area contributed by atoms with E-state index in [4.69, 9.17) is 21.1 Å². The summed E-state index contributed by atoms with van der Waals surface area (Å²) in [6.07, 6.45) is 3.34. The fraction of sp³-hybridized carbons (Fsp3) is 0.444. The average Bonchev–Trinajstić information content (AvgIpc) is 2.62. The van der Waals surface area contributed by atoms with Gasteiger partial charge in [-0.3, -0.25) is 4.79 Å². The lowest BCUT2D eigenvalue weighted by molar-refractivity contribution is 0.134. The molecule has 136 valence electrons. The highest BCUT2D eigenvalue weighted by Gasteiger charge is 2.15. The second-order valence-electron chi connectivity index (χ2n) is 5.54. The van der Waals surface area contributed by atoms with Gasteiger partial charge in [0.05, 0.1) is 12.8 Å². The van der Waals surface area contributed by atoms with Crippen molar-refractivity contribution in [2.24, 2.45) is 0 Å². The summed E-state index contributed by atoms with van der Waals surface area (Å²) in [5.74, 6) is 0.307. The highest BCUT2D eigenvalue weighted by atomic mass is 127. The Morgan fingerprint density at radius 2 is 1.84 bits per heavy atom. The Morgan fingerprint density at radius 3 is 2.44 bits per heavy atom. The third-order valence-electron chi connectivity index (χ3n) is 3.59. The zero-order valence-electron chi connectivity index (χ0n) is 14.4. The van der Waals surface area contributed by atoms with Gasteiger partial charge in [-0.05, 0) is 24.5 Å². The number of hydrogen-bond donors (Lipinski definition) is 0. The third kappa shape index (κ3) is 5.69. The Labute approximate surface area is 166 Å². The van der Waals surface area contributed by atoms with Gasteiger partial charge in [-0.2, -0.15) is 5.10 Å². The van der Waals surface area contributed by atoms with Crippen molar-refractivity contribution < 1.29 is 9.47 Å². The molecule has 1 unspecified atom stereocenters. The van der Waals surface area contributed by atoms with Crippen molar-refractivity contribution in [1.29, 1.82) is 0 Å². The number of alkyl halides is 1. The molecule has 0 fully saturated rings. The standard InChI is InChI=1S/C18H22ClIN2O3/c1-3-5-16(20)22-18(23)17(19)15(10-21-22)25-12-14-8-6-13(7-9-14)11-24-4-2/h6-10,16H,3-5,11-12H2,1-2H3. The van der Waals surface area contributed by atoms with Crippen LogP contribution in [-0.2, 0) is 18.0 Å². The quantitative estimate of drug-likeness (QED) is 0.387. The third-order valence-corrected chi connectivity index (χ3v) is 5.09. The molecule has 0 saturated heterocycles. The predicted molar refractivity (Wildman–Crippen MR) is 108 cm³/mol. The van der Waals surface area contributed by atoms with Crippen LogP contribution in [0.2, 0.25) is 5.02 Å². The Bertz CT molecular complexity index is 734. The smallest absolute Gasteiger partial charge is 0.290 e. The van der Waals surface area contributed by atoms with E-state index in [1.54, 1.807) is 0 Å². The SMILES string of the molecule is CCCC(I)n1ncc(OCc2ccc(COCC)cc2)c(Cl)c1=O. The molecule has 7 heteroatoms. The van der Waals surface area contributed by atoms with E-state index >= 15 is 0 Å². The molecule has 1 aromatic heterocycles. The largest absolute Gasteiger partial charge is 0.485 e. The van der Waals surface area contributed by atoms with Gasteiger partial charge in [-0.1, -0.05) is 71.8 Å². The van der Waals surface area contributed by atoms with Gasteiger partial charge in [0.15, 0.2) is 10.8 Å². The van der Waals surface area contributed by atoms with Gasteiger partial charge < -0.3 is 9.47 Å². The van der Waals surface area contributed by atoms with Gasteiger partial charge in [0.2, 0.25) is 0 Å². The average molecular weight is 477 g/mol. The van der Waals surface area contributed by atoms with Crippen molar-refractivity contribution in [3.8, 4) is 5.75 Å². The molecule has 2 aromatic rings. The normalized spacial score (nSPS) is 12.2. The number of aromatic nitrogens is 2. The first kappa shape index (κ1) is 20.2. The molecule has 0 amide bonds. The minimum Gasteiger partial charge on any atom is -0.485 e. The number of rotatable bonds is 9. The summed E-state index contributed by atoms with van der Waals surface area (Å²) in [5, 5.41) is 4.26. The minimum atomic E-state index is -0.320. The Morgan fingerprint density at radius 1 is 1.20 bits per heavy atom. The zero-order valence-corrected chi connectivity index (χ0v) is 17.3. The van der Waals surface area contributed by atoms with E-state index in [0.717, 1.165) is 24.0 Å². The molecular weight excluding hydrogens is 455 g/mol. The lowest BCUT2D eigenvalue weighted by Gasteiger charge is -2.13. The van der Waals surface area contributed by atoms with Gasteiger partial charge in [-0.15, -0.1) is 0 Å². The molecular formula is C18H22ClIN2O3. The monoisotopic (exact) mass is 476 g/mol. The van der Waals surface area contributed by atoms with Gasteiger partial charge >= 0.3 is 0 Å². The lowest BCUT2D eigenvalue weighted by atomic mass is 10.1. The zero-order chi connectivity index (χ0) is 18.2. The van der Waals surface area contributed by atoms with Gasteiger partial charge in [0.1, 0.15) is 10.7 Å². The highest BCUT2D eigenvalue weighted by Crippen LogP contribution is 2.24. The molecule has 1 atom stereocenters. The Hall–Kier alpha value is -1.12. The molecule has 0 aliphatic heterocycles. The summed E-state index contributed by atoms with van der Waals surface area (Å²) in [5.41, 5.74) is 1.77. The van der Waals surface area contributed by atoms with E-state index in [1.807, 2.05) is 31.2 Å². The van der Waals surface area contributed by atoms with Gasteiger partial charge in [0.25, 0.3) is 5.56 Å². The predicted octanol–water partition coefficient (Wildman–Crippen LogP) is 4.75. The molecule has 0 spiro atoms. The van der Waals surface area contributed by atoms with Crippen LogP contribution < -0.4 is 10.3 Å². The fourth-order valence-corrected chi connectivity index (χ4v) is 3.41. The van der Waals surface area contributed by atoms with Gasteiger partial charge in [-0.25, -0.2) is 4.68 Å². The van der Waals surface area contributed by atoms with Crippen LogP contribution in [0, 0.1) is 0 Å². The van der Waals surface area contributed by atoms with E-state index in [0.29, 0.717) is 25.6 Å². The van der Waals surface area contributed by atoms with E-state index in [9.17, 15) is 4.79 Å². The van der Waals surface area contributed by atoms with Crippen molar-refractivity contribution in [3.63, 3.8) is 0 Å². The van der Waals surface area contributed by atoms with Crippen molar-refractivity contribution in [2.45, 2.75) is 44.0 Å². The molecule has 0 radical (unpaired) electrons. The van der Waals surface area contributed by atoms with Crippen molar-refractivity contribution >= 4 is 34.2 Å². The molecule has 0 N–H and O–H groups in total. The summed E-state index contributed by atoms with van der Waals surface area (Å²) >= 11 is 8.37. The lowest BCUT2D eigenvalue weighted by Crippen LogP contribution is -2.25. The first-order chi connectivity index (χ1) is 12.1. The summed E-state index contributed by atoms with van der Waals surface area (Å²) in [7, 11) is 0. The molecule has 0 aliphatic rings. The molecule has 25 heavy (non-hydrogen) atoms. The van der Waals surface area contributed by atoms with E-state index in [1.165, 1.54) is 10.9 Å². The number of nitrogens with zero attached hydrogens (tertiary/aromatic N) is 2. The Kier molecular flexibility index (Phi) is 8.18. The number of halogens is 2. The van der Waals surface area contributed by atoms with Crippen LogP contribution in [0.3, 0.4) is 0 Å². The summed E-state index contributed by atoms with van der Waals surface area (Å²) in [6.45, 7) is 5.65. The molecule has 0 bridgehead atoms. The minimum absolute atomic E-state index is 0.0143. The number of ether oxygens (including phenoxy) is 2. The maximum Gasteiger partial charge on any atom is 0.290 e. The first-order valence-electron chi connectivity index (χ1n) is 8.26. The number of benzene rings is 1. The highest BCUT2D eigenvalue weighted by molar-refractivity contribution is 14.1. The van der Waals surface area contributed by atoms with Crippen LogP contribution in [0.5, 0.6) is 5.75 Å². The molecule has 1 aromatic carbocycles. The van der Waals surface area contributed by atoms with E-state index < -0.39 is 0 Å². The molecule has 0 aliphatic carbocycles. The van der Waals surface area contributed by atoms with Crippen LogP contribution >= 0.6 is 34.2 Å². The van der Waals surface area contributed by atoms with Crippen LogP contribution in [0.4, 0.5) is 0 Å².